The van der Waals surface area contributed by atoms with Gasteiger partial charge in [-0.2, -0.15) is 8.78 Å². The van der Waals surface area contributed by atoms with E-state index in [0.717, 1.165) is 12.1 Å². The minimum Gasteiger partial charge on any atom is -0.444 e. The van der Waals surface area contributed by atoms with Gasteiger partial charge in [0.25, 0.3) is 5.91 Å². The average molecular weight is 427 g/mol. The number of amides is 2. The Morgan fingerprint density at radius 3 is 2.47 bits per heavy atom. The summed E-state index contributed by atoms with van der Waals surface area (Å²) in [7, 11) is 0. The van der Waals surface area contributed by atoms with Crippen LogP contribution < -0.4 is 15.4 Å². The maximum Gasteiger partial charge on any atom is 0.407 e. The van der Waals surface area contributed by atoms with Crippen LogP contribution in [0, 0.1) is 5.82 Å². The Kier molecular flexibility index (Phi) is 6.04. The van der Waals surface area contributed by atoms with Gasteiger partial charge in [-0.15, -0.1) is 0 Å². The van der Waals surface area contributed by atoms with Crippen molar-refractivity contribution in [3.8, 4) is 5.75 Å². The highest BCUT2D eigenvalue weighted by molar-refractivity contribution is 5.97. The molecule has 0 atom stereocenters. The van der Waals surface area contributed by atoms with Crippen LogP contribution >= 0.6 is 0 Å². The van der Waals surface area contributed by atoms with Crippen LogP contribution in [0.15, 0.2) is 24.4 Å². The third-order valence-electron chi connectivity index (χ3n) is 4.41. The number of halogens is 3. The lowest BCUT2D eigenvalue weighted by Crippen LogP contribution is -2.54. The number of nitrogens with zero attached hydrogens (tertiary/aromatic N) is 1. The molecule has 10 heteroatoms. The SMILES string of the molecule is CC(C)(C)OC(=O)NC1CC(NC(=O)c2cnc3cc(OC(F)F)c(F)cc3c2)C1.[HH]. The Morgan fingerprint density at radius 1 is 1.17 bits per heavy atom. The van der Waals surface area contributed by atoms with E-state index >= 15 is 0 Å². The van der Waals surface area contributed by atoms with Gasteiger partial charge >= 0.3 is 12.7 Å². The maximum atomic E-state index is 13.9. The molecule has 0 radical (unpaired) electrons. The normalized spacial score (nSPS) is 18.6. The molecule has 1 aliphatic carbocycles. The van der Waals surface area contributed by atoms with Gasteiger partial charge < -0.3 is 20.1 Å². The quantitative estimate of drug-likeness (QED) is 0.753. The highest BCUT2D eigenvalue weighted by Crippen LogP contribution is 2.26. The zero-order valence-electron chi connectivity index (χ0n) is 16.7. The van der Waals surface area contributed by atoms with Crippen molar-refractivity contribution in [2.75, 3.05) is 0 Å². The van der Waals surface area contributed by atoms with Crippen LogP contribution in [0.2, 0.25) is 0 Å². The molecule has 0 saturated heterocycles. The number of rotatable bonds is 5. The number of hydrogen-bond donors (Lipinski definition) is 2. The molecule has 0 aliphatic heterocycles. The molecule has 2 amide bonds. The minimum absolute atomic E-state index is 0. The third-order valence-corrected chi connectivity index (χ3v) is 4.41. The highest BCUT2D eigenvalue weighted by atomic mass is 19.3. The number of ether oxygens (including phenoxy) is 2. The van der Waals surface area contributed by atoms with Crippen molar-refractivity contribution < 1.29 is 33.7 Å². The second-order valence-electron chi connectivity index (χ2n) is 8.06. The van der Waals surface area contributed by atoms with Crippen LogP contribution in [0.25, 0.3) is 10.9 Å². The zero-order chi connectivity index (χ0) is 22.1. The second-order valence-corrected chi connectivity index (χ2v) is 8.06. The zero-order valence-corrected chi connectivity index (χ0v) is 16.7. The van der Waals surface area contributed by atoms with Crippen LogP contribution in [-0.4, -0.2) is 41.3 Å². The lowest BCUT2D eigenvalue weighted by atomic mass is 9.86. The number of benzene rings is 1. The van der Waals surface area contributed by atoms with Crippen LogP contribution in [0.5, 0.6) is 5.75 Å². The van der Waals surface area contributed by atoms with Gasteiger partial charge in [-0.1, -0.05) is 0 Å². The molecule has 7 nitrogen and oxygen atoms in total. The molecule has 1 aliphatic rings. The van der Waals surface area contributed by atoms with Crippen molar-refractivity contribution in [1.82, 2.24) is 15.6 Å². The van der Waals surface area contributed by atoms with E-state index in [9.17, 15) is 22.8 Å². The fourth-order valence-electron chi connectivity index (χ4n) is 3.04. The second kappa shape index (κ2) is 8.37. The molecule has 2 N–H and O–H groups in total. The first-order chi connectivity index (χ1) is 14.0. The van der Waals surface area contributed by atoms with Gasteiger partial charge in [0.1, 0.15) is 5.60 Å². The van der Waals surface area contributed by atoms with E-state index in [-0.39, 0.29) is 30.0 Å². The summed E-state index contributed by atoms with van der Waals surface area (Å²) in [6.45, 7) is 2.16. The molecule has 0 bridgehead atoms. The molecule has 1 aromatic carbocycles. The molecular weight excluding hydrogens is 403 g/mol. The van der Waals surface area contributed by atoms with E-state index < -0.39 is 35.8 Å². The molecule has 3 rings (SSSR count). The summed E-state index contributed by atoms with van der Waals surface area (Å²) in [5, 5.41) is 5.82. The van der Waals surface area contributed by atoms with Gasteiger partial charge in [0.2, 0.25) is 0 Å². The van der Waals surface area contributed by atoms with Crippen molar-refractivity contribution in [2.45, 2.75) is 57.9 Å². The molecule has 1 heterocycles. The summed E-state index contributed by atoms with van der Waals surface area (Å²) in [5.41, 5.74) is -0.169. The summed E-state index contributed by atoms with van der Waals surface area (Å²) < 4.78 is 47.8. The van der Waals surface area contributed by atoms with Crippen LogP contribution in [0.3, 0.4) is 0 Å². The number of alkyl carbamates (subject to hydrolysis) is 1. The maximum absolute atomic E-state index is 13.9. The summed E-state index contributed by atoms with van der Waals surface area (Å²) in [5.74, 6) is -1.99. The average Bonchev–Trinajstić information content (AvgIpc) is 2.58. The summed E-state index contributed by atoms with van der Waals surface area (Å²) in [6, 6.07) is 3.23. The van der Waals surface area contributed by atoms with Gasteiger partial charge in [0, 0.05) is 31.2 Å². The Balaban J connectivity index is 0.00000341. The topological polar surface area (TPSA) is 89.6 Å². The first kappa shape index (κ1) is 21.7. The number of nitrogens with one attached hydrogen (secondary N) is 2. The van der Waals surface area contributed by atoms with E-state index in [1.54, 1.807) is 20.8 Å². The molecule has 164 valence electrons. The number of aromatic nitrogens is 1. The predicted octanol–water partition coefficient (Wildman–Crippen LogP) is 4.01. The van der Waals surface area contributed by atoms with Crippen molar-refractivity contribution in [2.24, 2.45) is 0 Å². The Hall–Kier alpha value is -3.04. The highest BCUT2D eigenvalue weighted by Gasteiger charge is 2.32. The van der Waals surface area contributed by atoms with Gasteiger partial charge in [0.05, 0.1) is 11.1 Å². The first-order valence-electron chi connectivity index (χ1n) is 9.34. The smallest absolute Gasteiger partial charge is 0.407 e. The molecular formula is C20H24F3N3O4. The number of alkyl halides is 2. The van der Waals surface area contributed by atoms with Crippen molar-refractivity contribution in [1.29, 1.82) is 0 Å². The Bertz CT molecular complexity index is 963. The van der Waals surface area contributed by atoms with E-state index in [2.05, 4.69) is 20.4 Å². The number of pyridine rings is 1. The summed E-state index contributed by atoms with van der Waals surface area (Å²) in [6.07, 6.45) is 1.87. The lowest BCUT2D eigenvalue weighted by molar-refractivity contribution is -0.0521. The summed E-state index contributed by atoms with van der Waals surface area (Å²) in [4.78, 5) is 28.2. The molecule has 30 heavy (non-hydrogen) atoms. The largest absolute Gasteiger partial charge is 0.444 e. The van der Waals surface area contributed by atoms with E-state index in [0.29, 0.717) is 12.8 Å². The van der Waals surface area contributed by atoms with Gasteiger partial charge in [-0.25, -0.2) is 9.18 Å². The predicted molar refractivity (Wildman–Crippen MR) is 104 cm³/mol. The lowest BCUT2D eigenvalue weighted by Gasteiger charge is -2.36. The molecule has 1 fully saturated rings. The number of fused-ring (bicyclic) bond motifs is 1. The number of hydrogen-bond acceptors (Lipinski definition) is 5. The van der Waals surface area contributed by atoms with Crippen molar-refractivity contribution >= 4 is 22.9 Å². The Morgan fingerprint density at radius 2 is 1.83 bits per heavy atom. The van der Waals surface area contributed by atoms with Crippen molar-refractivity contribution in [3.63, 3.8) is 0 Å². The number of carbonyl (C=O) groups excluding carboxylic acids is 2. The molecule has 1 saturated carbocycles. The monoisotopic (exact) mass is 427 g/mol. The van der Waals surface area contributed by atoms with Crippen LogP contribution in [-0.2, 0) is 4.74 Å². The fraction of sp³-hybridized carbons (Fsp3) is 0.450. The molecule has 1 aromatic heterocycles. The molecule has 2 aromatic rings. The molecule has 0 unspecified atom stereocenters. The summed E-state index contributed by atoms with van der Waals surface area (Å²) >= 11 is 0. The fourth-order valence-corrected chi connectivity index (χ4v) is 3.04. The van der Waals surface area contributed by atoms with Gasteiger partial charge in [-0.3, -0.25) is 9.78 Å². The Labute approximate surface area is 172 Å². The first-order valence-corrected chi connectivity index (χ1v) is 9.34. The van der Waals surface area contributed by atoms with Gasteiger partial charge in [0.15, 0.2) is 11.6 Å². The van der Waals surface area contributed by atoms with Crippen LogP contribution in [0.4, 0.5) is 18.0 Å². The third kappa shape index (κ3) is 5.52. The standard InChI is InChI=1S/C20H22F3N3O4.H2/c1-20(2,3)30-19(28)26-13-6-12(7-13)25-17(27)11-4-10-5-14(21)16(29-18(22)23)8-15(10)24-9-11;/h4-5,8-9,12-13,18H,6-7H2,1-3H3,(H,25,27)(H,26,28);1H. The van der Waals surface area contributed by atoms with E-state index in [1.807, 2.05) is 0 Å². The van der Waals surface area contributed by atoms with E-state index in [4.69, 9.17) is 4.74 Å². The van der Waals surface area contributed by atoms with Crippen LogP contribution in [0.1, 0.15) is 45.4 Å². The molecule has 0 spiro atoms. The van der Waals surface area contributed by atoms with Gasteiger partial charge in [-0.05, 0) is 45.7 Å². The number of carbonyl (C=O) groups is 2. The van der Waals surface area contributed by atoms with E-state index in [1.165, 1.54) is 12.3 Å². The minimum atomic E-state index is -3.15. The van der Waals surface area contributed by atoms with Crippen molar-refractivity contribution in [3.05, 3.63) is 35.8 Å².